The van der Waals surface area contributed by atoms with E-state index in [1.807, 2.05) is 126 Å². The minimum absolute atomic E-state index is 0.241. The molecule has 0 unspecified atom stereocenters. The zero-order chi connectivity index (χ0) is 32.9. The molecule has 0 saturated carbocycles. The number of aromatic nitrogens is 5. The van der Waals surface area contributed by atoms with Crippen LogP contribution in [-0.4, -0.2) is 31.0 Å². The highest BCUT2D eigenvalue weighted by molar-refractivity contribution is 7.15. The summed E-state index contributed by atoms with van der Waals surface area (Å²) >= 11 is 7.29. The minimum atomic E-state index is -0.241. The van der Waals surface area contributed by atoms with Crippen molar-refractivity contribution in [2.24, 2.45) is 0 Å². The van der Waals surface area contributed by atoms with Crippen molar-refractivity contribution in [1.82, 2.24) is 24.4 Å². The van der Waals surface area contributed by atoms with E-state index in [2.05, 4.69) is 16.7 Å². The van der Waals surface area contributed by atoms with Crippen LogP contribution in [0.2, 0.25) is 5.02 Å². The highest BCUT2D eigenvalue weighted by atomic mass is 35.5. The Hall–Kier alpha value is -5.77. The summed E-state index contributed by atoms with van der Waals surface area (Å²) in [4.78, 5) is 18.6. The Morgan fingerprint density at radius 3 is 2.29 bits per heavy atom. The summed E-state index contributed by atoms with van der Waals surface area (Å²) in [6, 6.07) is 32.8. The number of thiazole rings is 1. The Morgan fingerprint density at radius 2 is 1.56 bits per heavy atom. The van der Waals surface area contributed by atoms with E-state index in [-0.39, 0.29) is 5.56 Å². The first-order valence-corrected chi connectivity index (χ1v) is 16.3. The summed E-state index contributed by atoms with van der Waals surface area (Å²) in [5, 5.41) is 10.1. The zero-order valence-electron chi connectivity index (χ0n) is 25.6. The molecule has 3 heterocycles. The van der Waals surface area contributed by atoms with Crippen LogP contribution in [0.5, 0.6) is 11.5 Å². The number of hydrogen-bond donors (Lipinski definition) is 0. The Morgan fingerprint density at radius 1 is 0.833 bits per heavy atom. The number of rotatable bonds is 11. The van der Waals surface area contributed by atoms with Gasteiger partial charge in [-0.05, 0) is 83.9 Å². The smallest absolute Gasteiger partial charge is 0.291 e. The summed E-state index contributed by atoms with van der Waals surface area (Å²) in [5.41, 5.74) is 5.04. The second-order valence-corrected chi connectivity index (χ2v) is 12.2. The molecule has 0 bridgehead atoms. The summed E-state index contributed by atoms with van der Waals surface area (Å²) in [6.07, 6.45) is 9.15. The number of benzene rings is 4. The number of ether oxygens (including phenoxy) is 2. The average molecular weight is 670 g/mol. The fourth-order valence-electron chi connectivity index (χ4n) is 4.95. The van der Waals surface area contributed by atoms with E-state index in [1.54, 1.807) is 12.2 Å². The van der Waals surface area contributed by atoms with Crippen molar-refractivity contribution in [3.8, 4) is 28.4 Å². The highest BCUT2D eigenvalue weighted by Crippen LogP contribution is 2.27. The van der Waals surface area contributed by atoms with Gasteiger partial charge in [0.2, 0.25) is 4.96 Å². The molecule has 0 aliphatic carbocycles. The van der Waals surface area contributed by atoms with E-state index in [9.17, 15) is 4.79 Å². The van der Waals surface area contributed by atoms with Gasteiger partial charge in [-0.2, -0.15) is 14.6 Å². The lowest BCUT2D eigenvalue weighted by Crippen LogP contribution is -2.23. The predicted octanol–water partition coefficient (Wildman–Crippen LogP) is 7.52. The molecule has 0 N–H and O–H groups in total. The summed E-state index contributed by atoms with van der Waals surface area (Å²) in [5.74, 6) is 1.95. The Labute approximate surface area is 285 Å². The van der Waals surface area contributed by atoms with Crippen LogP contribution >= 0.6 is 22.9 Å². The highest BCUT2D eigenvalue weighted by Gasteiger charge is 2.14. The Kier molecular flexibility index (Phi) is 8.95. The van der Waals surface area contributed by atoms with E-state index in [0.717, 1.165) is 45.1 Å². The first-order valence-electron chi connectivity index (χ1n) is 15.1. The van der Waals surface area contributed by atoms with E-state index < -0.39 is 0 Å². The molecule has 7 aromatic rings. The van der Waals surface area contributed by atoms with Crippen molar-refractivity contribution in [3.05, 3.63) is 164 Å². The maximum atomic E-state index is 13.5. The standard InChI is InChI=1S/C38H28ClN5O3S/c1-2-22-46-32-17-10-26(11-18-32)12-21-35-40-38-44(41-35)37(45)34(48-38)23-29-24-43(31-6-4-3-5-7-31)42-36(29)28-13-19-33(20-14-28)47-25-27-8-15-30(39)16-9-27/h2-21,23-24H,1,22,25H2/b21-12+,34-23-. The van der Waals surface area contributed by atoms with Crippen molar-refractivity contribution >= 4 is 46.1 Å². The molecular formula is C38H28ClN5O3S. The van der Waals surface area contributed by atoms with Crippen LogP contribution in [0.3, 0.4) is 0 Å². The third kappa shape index (κ3) is 6.97. The number of para-hydroxylation sites is 1. The maximum absolute atomic E-state index is 13.5. The van der Waals surface area contributed by atoms with Crippen LogP contribution in [0.25, 0.3) is 40.1 Å². The maximum Gasteiger partial charge on any atom is 0.291 e. The largest absolute Gasteiger partial charge is 0.490 e. The molecule has 0 radical (unpaired) electrons. The van der Waals surface area contributed by atoms with Crippen molar-refractivity contribution in [1.29, 1.82) is 0 Å². The molecule has 10 heteroatoms. The van der Waals surface area contributed by atoms with Crippen LogP contribution in [-0.2, 0) is 6.61 Å². The summed E-state index contributed by atoms with van der Waals surface area (Å²) in [6.45, 7) is 4.54. The van der Waals surface area contributed by atoms with Gasteiger partial charge in [0.15, 0.2) is 5.82 Å². The quantitative estimate of drug-likeness (QED) is 0.133. The molecule has 236 valence electrons. The molecule has 7 rings (SSSR count). The Bertz CT molecular complexity index is 2330. The van der Waals surface area contributed by atoms with Crippen molar-refractivity contribution in [2.45, 2.75) is 6.61 Å². The number of hydrogen-bond acceptors (Lipinski definition) is 7. The number of halogens is 1. The van der Waals surface area contributed by atoms with E-state index >= 15 is 0 Å². The first-order chi connectivity index (χ1) is 23.5. The van der Waals surface area contributed by atoms with Crippen LogP contribution in [0.15, 0.2) is 127 Å². The second-order valence-electron chi connectivity index (χ2n) is 10.7. The molecule has 8 nitrogen and oxygen atoms in total. The van der Waals surface area contributed by atoms with Gasteiger partial charge in [0, 0.05) is 22.3 Å². The minimum Gasteiger partial charge on any atom is -0.490 e. The molecule has 0 atom stereocenters. The van der Waals surface area contributed by atoms with Gasteiger partial charge in [-0.15, -0.1) is 5.10 Å². The zero-order valence-corrected chi connectivity index (χ0v) is 27.1. The molecule has 0 spiro atoms. The average Bonchev–Trinajstić information content (AvgIpc) is 3.81. The van der Waals surface area contributed by atoms with Crippen LogP contribution in [0, 0.1) is 0 Å². The van der Waals surface area contributed by atoms with Crippen molar-refractivity contribution < 1.29 is 9.47 Å². The molecule has 3 aromatic heterocycles. The molecule has 0 fully saturated rings. The van der Waals surface area contributed by atoms with Gasteiger partial charge in [0.1, 0.15) is 30.4 Å². The van der Waals surface area contributed by atoms with Crippen LogP contribution < -0.4 is 19.6 Å². The lowest BCUT2D eigenvalue weighted by molar-refractivity contribution is 0.306. The number of fused-ring (bicyclic) bond motifs is 1. The lowest BCUT2D eigenvalue weighted by Gasteiger charge is -2.07. The van der Waals surface area contributed by atoms with Gasteiger partial charge in [-0.1, -0.05) is 84.1 Å². The van der Waals surface area contributed by atoms with Crippen LogP contribution in [0.1, 0.15) is 22.5 Å². The fourth-order valence-corrected chi connectivity index (χ4v) is 5.98. The summed E-state index contributed by atoms with van der Waals surface area (Å²) in [7, 11) is 0. The van der Waals surface area contributed by atoms with Gasteiger partial charge in [-0.25, -0.2) is 4.68 Å². The van der Waals surface area contributed by atoms with E-state index in [1.165, 1.54) is 15.9 Å². The molecule has 48 heavy (non-hydrogen) atoms. The monoisotopic (exact) mass is 669 g/mol. The number of nitrogens with zero attached hydrogens (tertiary/aromatic N) is 5. The molecule has 4 aromatic carbocycles. The van der Waals surface area contributed by atoms with Gasteiger partial charge < -0.3 is 9.47 Å². The third-order valence-electron chi connectivity index (χ3n) is 7.37. The molecule has 0 amide bonds. The van der Waals surface area contributed by atoms with Crippen molar-refractivity contribution in [2.75, 3.05) is 6.61 Å². The molecular weight excluding hydrogens is 642 g/mol. The normalized spacial score (nSPS) is 11.8. The topological polar surface area (TPSA) is 83.5 Å². The SMILES string of the molecule is C=CCOc1ccc(/C=C/c2nc3s/c(=C\c4cn(-c5ccccc5)nc4-c4ccc(OCc5ccc(Cl)cc5)cc4)c(=O)n3n2)cc1. The van der Waals surface area contributed by atoms with Gasteiger partial charge in [-0.3, -0.25) is 4.79 Å². The van der Waals surface area contributed by atoms with Crippen molar-refractivity contribution in [3.63, 3.8) is 0 Å². The van der Waals surface area contributed by atoms with E-state index in [0.29, 0.717) is 33.6 Å². The van der Waals surface area contributed by atoms with E-state index in [4.69, 9.17) is 26.2 Å². The lowest BCUT2D eigenvalue weighted by atomic mass is 10.1. The van der Waals surface area contributed by atoms with Gasteiger partial charge >= 0.3 is 0 Å². The second kappa shape index (κ2) is 13.9. The fraction of sp³-hybridized carbons (Fsp3) is 0.0526. The molecule has 0 saturated heterocycles. The first kappa shape index (κ1) is 30.9. The predicted molar refractivity (Wildman–Crippen MR) is 192 cm³/mol. The molecule has 0 aliphatic heterocycles. The molecule has 0 aliphatic rings. The van der Waals surface area contributed by atoms with Crippen LogP contribution in [0.4, 0.5) is 0 Å². The van der Waals surface area contributed by atoms with Gasteiger partial charge in [0.25, 0.3) is 5.56 Å². The third-order valence-corrected chi connectivity index (χ3v) is 8.58. The van der Waals surface area contributed by atoms with Gasteiger partial charge in [0.05, 0.1) is 10.2 Å². The summed E-state index contributed by atoms with van der Waals surface area (Å²) < 4.78 is 15.2. The Balaban J connectivity index is 1.16.